The SMILES string of the molecule is NC1=NCC(COc2ccc([N+](=O)[O-])cc2)O1. The number of rotatable bonds is 4. The van der Waals surface area contributed by atoms with Gasteiger partial charge in [0, 0.05) is 12.1 Å². The van der Waals surface area contributed by atoms with E-state index in [4.69, 9.17) is 15.2 Å². The van der Waals surface area contributed by atoms with Crippen molar-refractivity contribution in [3.8, 4) is 5.75 Å². The number of hydrogen-bond acceptors (Lipinski definition) is 6. The fourth-order valence-corrected chi connectivity index (χ4v) is 1.38. The zero-order valence-electron chi connectivity index (χ0n) is 8.91. The van der Waals surface area contributed by atoms with Crippen LogP contribution in [0.25, 0.3) is 0 Å². The van der Waals surface area contributed by atoms with Gasteiger partial charge in [-0.15, -0.1) is 0 Å². The summed E-state index contributed by atoms with van der Waals surface area (Å²) in [6, 6.07) is 6.02. The summed E-state index contributed by atoms with van der Waals surface area (Å²) in [4.78, 5) is 13.8. The Morgan fingerprint density at radius 1 is 1.53 bits per heavy atom. The average molecular weight is 237 g/mol. The van der Waals surface area contributed by atoms with Crippen LogP contribution in [-0.4, -0.2) is 30.2 Å². The fourth-order valence-electron chi connectivity index (χ4n) is 1.38. The molecular weight excluding hydrogens is 226 g/mol. The number of nitro benzene ring substituents is 1. The Morgan fingerprint density at radius 3 is 2.76 bits per heavy atom. The molecule has 0 bridgehead atoms. The van der Waals surface area contributed by atoms with Crippen molar-refractivity contribution in [3.63, 3.8) is 0 Å². The topological polar surface area (TPSA) is 100.0 Å². The van der Waals surface area contributed by atoms with E-state index in [1.165, 1.54) is 24.3 Å². The Morgan fingerprint density at radius 2 is 2.24 bits per heavy atom. The molecule has 1 aliphatic heterocycles. The third-order valence-electron chi connectivity index (χ3n) is 2.22. The van der Waals surface area contributed by atoms with Crippen molar-refractivity contribution in [2.75, 3.05) is 13.2 Å². The zero-order valence-corrected chi connectivity index (χ0v) is 8.91. The highest BCUT2D eigenvalue weighted by Gasteiger charge is 2.18. The minimum absolute atomic E-state index is 0.0297. The van der Waals surface area contributed by atoms with Gasteiger partial charge in [-0.2, -0.15) is 0 Å². The van der Waals surface area contributed by atoms with Gasteiger partial charge in [0.2, 0.25) is 0 Å². The molecule has 0 aromatic heterocycles. The van der Waals surface area contributed by atoms with Gasteiger partial charge in [0.05, 0.1) is 11.5 Å². The van der Waals surface area contributed by atoms with Crippen molar-refractivity contribution in [2.45, 2.75) is 6.10 Å². The van der Waals surface area contributed by atoms with E-state index in [-0.39, 0.29) is 17.8 Å². The van der Waals surface area contributed by atoms with Crippen LogP contribution in [0.15, 0.2) is 29.3 Å². The molecule has 1 atom stereocenters. The number of nitro groups is 1. The third-order valence-corrected chi connectivity index (χ3v) is 2.22. The summed E-state index contributed by atoms with van der Waals surface area (Å²) in [6.45, 7) is 0.779. The van der Waals surface area contributed by atoms with Crippen LogP contribution in [0.1, 0.15) is 0 Å². The molecular formula is C10H11N3O4. The van der Waals surface area contributed by atoms with Crippen molar-refractivity contribution >= 4 is 11.7 Å². The van der Waals surface area contributed by atoms with Crippen LogP contribution in [0.2, 0.25) is 0 Å². The maximum absolute atomic E-state index is 10.4. The predicted octanol–water partition coefficient (Wildman–Crippen LogP) is 0.687. The lowest BCUT2D eigenvalue weighted by atomic mass is 10.3. The quantitative estimate of drug-likeness (QED) is 0.613. The standard InChI is InChI=1S/C10H11N3O4/c11-10-12-5-9(17-10)6-16-8-3-1-7(2-4-8)13(14)15/h1-4,9H,5-6H2,(H2,11,12). The second-order valence-electron chi connectivity index (χ2n) is 3.48. The second kappa shape index (κ2) is 4.69. The zero-order chi connectivity index (χ0) is 12.3. The number of amidine groups is 1. The number of hydrogen-bond donors (Lipinski definition) is 1. The Balaban J connectivity index is 1.85. The molecule has 1 heterocycles. The van der Waals surface area contributed by atoms with Gasteiger partial charge in [0.25, 0.3) is 11.7 Å². The first kappa shape index (κ1) is 11.2. The Bertz CT molecular complexity index is 443. The first-order chi connectivity index (χ1) is 8.15. The summed E-state index contributed by atoms with van der Waals surface area (Å²) in [5.74, 6) is 0.546. The van der Waals surface area contributed by atoms with Crippen molar-refractivity contribution in [3.05, 3.63) is 34.4 Å². The molecule has 0 saturated carbocycles. The van der Waals surface area contributed by atoms with Crippen LogP contribution in [0.3, 0.4) is 0 Å². The summed E-state index contributed by atoms with van der Waals surface area (Å²) >= 11 is 0. The molecule has 0 spiro atoms. The van der Waals surface area contributed by atoms with E-state index < -0.39 is 4.92 Å². The van der Waals surface area contributed by atoms with E-state index in [0.717, 1.165) is 0 Å². The second-order valence-corrected chi connectivity index (χ2v) is 3.48. The molecule has 2 N–H and O–H groups in total. The van der Waals surface area contributed by atoms with Crippen LogP contribution in [0.4, 0.5) is 5.69 Å². The van der Waals surface area contributed by atoms with Crippen LogP contribution in [0, 0.1) is 10.1 Å². The van der Waals surface area contributed by atoms with E-state index >= 15 is 0 Å². The highest BCUT2D eigenvalue weighted by atomic mass is 16.6. The van der Waals surface area contributed by atoms with Gasteiger partial charge >= 0.3 is 0 Å². The lowest BCUT2D eigenvalue weighted by Gasteiger charge is -2.11. The maximum atomic E-state index is 10.4. The maximum Gasteiger partial charge on any atom is 0.282 e. The Kier molecular flexibility index (Phi) is 3.08. The first-order valence-electron chi connectivity index (χ1n) is 4.99. The molecule has 90 valence electrons. The minimum Gasteiger partial charge on any atom is -0.490 e. The minimum atomic E-state index is -0.460. The number of non-ortho nitro benzene ring substituents is 1. The lowest BCUT2D eigenvalue weighted by Crippen LogP contribution is -2.24. The summed E-state index contributed by atoms with van der Waals surface area (Å²) in [6.07, 6.45) is -0.190. The highest BCUT2D eigenvalue weighted by Crippen LogP contribution is 2.17. The smallest absolute Gasteiger partial charge is 0.282 e. The summed E-state index contributed by atoms with van der Waals surface area (Å²) in [5.41, 5.74) is 5.37. The molecule has 0 fully saturated rings. The molecule has 1 aromatic rings. The molecule has 1 aromatic carbocycles. The molecule has 2 rings (SSSR count). The number of benzene rings is 1. The van der Waals surface area contributed by atoms with Crippen LogP contribution in [0.5, 0.6) is 5.75 Å². The van der Waals surface area contributed by atoms with Crippen molar-refractivity contribution in [1.29, 1.82) is 0 Å². The monoisotopic (exact) mass is 237 g/mol. The molecule has 7 nitrogen and oxygen atoms in total. The molecule has 0 radical (unpaired) electrons. The number of ether oxygens (including phenoxy) is 2. The molecule has 0 aliphatic carbocycles. The number of nitrogens with two attached hydrogens (primary N) is 1. The van der Waals surface area contributed by atoms with Gasteiger partial charge in [-0.05, 0) is 12.1 Å². The molecule has 1 aliphatic rings. The Labute approximate surface area is 97.0 Å². The van der Waals surface area contributed by atoms with Gasteiger partial charge < -0.3 is 15.2 Å². The van der Waals surface area contributed by atoms with Crippen LogP contribution < -0.4 is 10.5 Å². The van der Waals surface area contributed by atoms with Gasteiger partial charge in [-0.3, -0.25) is 10.1 Å². The van der Waals surface area contributed by atoms with E-state index in [9.17, 15) is 10.1 Å². The first-order valence-corrected chi connectivity index (χ1v) is 4.99. The highest BCUT2D eigenvalue weighted by molar-refractivity contribution is 5.73. The molecule has 0 amide bonds. The molecule has 0 saturated heterocycles. The van der Waals surface area contributed by atoms with E-state index in [2.05, 4.69) is 4.99 Å². The third kappa shape index (κ3) is 2.83. The van der Waals surface area contributed by atoms with E-state index in [0.29, 0.717) is 18.9 Å². The number of nitrogens with zero attached hydrogens (tertiary/aromatic N) is 2. The summed E-state index contributed by atoms with van der Waals surface area (Å²) in [5, 5.41) is 10.4. The van der Waals surface area contributed by atoms with Crippen molar-refractivity contribution < 1.29 is 14.4 Å². The van der Waals surface area contributed by atoms with E-state index in [1.807, 2.05) is 0 Å². The predicted molar refractivity (Wildman–Crippen MR) is 60.0 cm³/mol. The van der Waals surface area contributed by atoms with Crippen LogP contribution in [-0.2, 0) is 4.74 Å². The fraction of sp³-hybridized carbons (Fsp3) is 0.300. The van der Waals surface area contributed by atoms with Gasteiger partial charge in [0.15, 0.2) is 6.10 Å². The molecule has 7 heteroatoms. The summed E-state index contributed by atoms with van der Waals surface area (Å²) < 4.78 is 10.5. The van der Waals surface area contributed by atoms with Crippen molar-refractivity contribution in [2.24, 2.45) is 10.7 Å². The summed E-state index contributed by atoms with van der Waals surface area (Å²) in [7, 11) is 0. The molecule has 17 heavy (non-hydrogen) atoms. The normalized spacial score (nSPS) is 18.4. The van der Waals surface area contributed by atoms with E-state index in [1.54, 1.807) is 0 Å². The van der Waals surface area contributed by atoms with Gasteiger partial charge in [-0.25, -0.2) is 4.99 Å². The van der Waals surface area contributed by atoms with Crippen molar-refractivity contribution in [1.82, 2.24) is 0 Å². The average Bonchev–Trinajstić information content (AvgIpc) is 2.73. The Hall–Kier alpha value is -2.31. The van der Waals surface area contributed by atoms with Crippen LogP contribution >= 0.6 is 0 Å². The largest absolute Gasteiger partial charge is 0.490 e. The number of aliphatic imine (C=N–C) groups is 1. The van der Waals surface area contributed by atoms with Gasteiger partial charge in [-0.1, -0.05) is 0 Å². The van der Waals surface area contributed by atoms with Gasteiger partial charge in [0.1, 0.15) is 12.4 Å². The molecule has 1 unspecified atom stereocenters. The lowest BCUT2D eigenvalue weighted by molar-refractivity contribution is -0.384.